The van der Waals surface area contributed by atoms with Gasteiger partial charge in [0.15, 0.2) is 0 Å². The molecule has 0 aliphatic carbocycles. The van der Waals surface area contributed by atoms with Crippen LogP contribution in [-0.4, -0.2) is 0 Å². The summed E-state index contributed by atoms with van der Waals surface area (Å²) in [7, 11) is 0. The topological polar surface area (TPSA) is 13.1 Å². The minimum absolute atomic E-state index is 0.894. The maximum atomic E-state index is 6.96. The molecule has 1 aromatic heterocycles. The Morgan fingerprint density at radius 3 is 1.49 bits per heavy atom. The normalized spacial score (nSPS) is 11.7. The van der Waals surface area contributed by atoms with Crippen molar-refractivity contribution in [3.05, 3.63) is 158 Å². The van der Waals surface area contributed by atoms with E-state index in [2.05, 4.69) is 158 Å². The molecule has 0 saturated heterocycles. The molecule has 0 radical (unpaired) electrons. The van der Waals surface area contributed by atoms with Gasteiger partial charge in [-0.2, -0.15) is 0 Å². The second-order valence-electron chi connectivity index (χ2n) is 11.2. The standard InChI is InChI=1S/C42H26O/c1-2-14-27(15-3-1)39-32-20-8-10-22-34(32)40(35-23-11-9-21-33(35)39)42-41(36-24-12-13-25-38(36)43-42)37-26-28-16-4-5-17-29(28)30-18-6-7-19-31(30)37/h1-26H. The quantitative estimate of drug-likeness (QED) is 0.159. The summed E-state index contributed by atoms with van der Waals surface area (Å²) in [4.78, 5) is 0. The predicted molar refractivity (Wildman–Crippen MR) is 183 cm³/mol. The largest absolute Gasteiger partial charge is 0.455 e. The summed E-state index contributed by atoms with van der Waals surface area (Å²) in [6, 6.07) is 56.6. The van der Waals surface area contributed by atoms with Gasteiger partial charge in [-0.05, 0) is 71.9 Å². The van der Waals surface area contributed by atoms with Gasteiger partial charge in [-0.3, -0.25) is 0 Å². The first-order chi connectivity index (χ1) is 21.4. The monoisotopic (exact) mass is 546 g/mol. The van der Waals surface area contributed by atoms with Crippen LogP contribution in [0.25, 0.3) is 87.6 Å². The third-order valence-electron chi connectivity index (χ3n) is 8.85. The molecule has 0 saturated carbocycles. The van der Waals surface area contributed by atoms with Crippen LogP contribution in [-0.2, 0) is 0 Å². The third-order valence-corrected chi connectivity index (χ3v) is 8.85. The summed E-state index contributed by atoms with van der Waals surface area (Å²) < 4.78 is 6.96. The lowest BCUT2D eigenvalue weighted by atomic mass is 9.85. The number of hydrogen-bond donors (Lipinski definition) is 0. The Bertz CT molecular complexity index is 2440. The van der Waals surface area contributed by atoms with E-state index in [4.69, 9.17) is 4.42 Å². The van der Waals surface area contributed by atoms with Gasteiger partial charge in [-0.25, -0.2) is 0 Å². The molecule has 0 atom stereocenters. The van der Waals surface area contributed by atoms with Gasteiger partial charge in [-0.15, -0.1) is 0 Å². The van der Waals surface area contributed by atoms with E-state index < -0.39 is 0 Å². The van der Waals surface area contributed by atoms with Crippen molar-refractivity contribution >= 4 is 54.1 Å². The molecule has 200 valence electrons. The van der Waals surface area contributed by atoms with Crippen LogP contribution in [0.3, 0.4) is 0 Å². The molecule has 9 rings (SSSR count). The Morgan fingerprint density at radius 2 is 0.814 bits per heavy atom. The Balaban J connectivity index is 1.48. The maximum Gasteiger partial charge on any atom is 0.144 e. The highest BCUT2D eigenvalue weighted by molar-refractivity contribution is 6.25. The number of hydrogen-bond acceptors (Lipinski definition) is 1. The van der Waals surface area contributed by atoms with Gasteiger partial charge in [0, 0.05) is 16.5 Å². The van der Waals surface area contributed by atoms with Gasteiger partial charge in [0.05, 0.1) is 0 Å². The fourth-order valence-electron chi connectivity index (χ4n) is 7.04. The minimum atomic E-state index is 0.894. The van der Waals surface area contributed by atoms with E-state index in [0.29, 0.717) is 0 Å². The second kappa shape index (κ2) is 9.44. The molecule has 0 N–H and O–H groups in total. The molecule has 0 bridgehead atoms. The van der Waals surface area contributed by atoms with Gasteiger partial charge in [0.1, 0.15) is 11.3 Å². The first-order valence-electron chi connectivity index (χ1n) is 14.8. The van der Waals surface area contributed by atoms with Crippen LogP contribution in [0.5, 0.6) is 0 Å². The molecule has 1 nitrogen and oxygen atoms in total. The van der Waals surface area contributed by atoms with Crippen molar-refractivity contribution in [3.8, 4) is 33.6 Å². The predicted octanol–water partition coefficient (Wildman–Crippen LogP) is 12.0. The smallest absolute Gasteiger partial charge is 0.144 e. The molecule has 1 heterocycles. The molecule has 0 amide bonds. The molecular weight excluding hydrogens is 520 g/mol. The van der Waals surface area contributed by atoms with Gasteiger partial charge in [-0.1, -0.05) is 146 Å². The SMILES string of the molecule is c1ccc(-c2c3ccccc3c(-c3oc4ccccc4c3-c3cc4ccccc4c4ccccc34)c3ccccc23)cc1. The lowest BCUT2D eigenvalue weighted by molar-refractivity contribution is 0.634. The van der Waals surface area contributed by atoms with E-state index in [1.165, 1.54) is 59.8 Å². The van der Waals surface area contributed by atoms with E-state index >= 15 is 0 Å². The number of fused-ring (bicyclic) bond motifs is 6. The summed E-state index contributed by atoms with van der Waals surface area (Å²) >= 11 is 0. The van der Waals surface area contributed by atoms with Crippen molar-refractivity contribution in [1.82, 2.24) is 0 Å². The zero-order valence-electron chi connectivity index (χ0n) is 23.4. The van der Waals surface area contributed by atoms with Crippen molar-refractivity contribution in [2.75, 3.05) is 0 Å². The van der Waals surface area contributed by atoms with Crippen LogP contribution in [0.1, 0.15) is 0 Å². The van der Waals surface area contributed by atoms with Crippen molar-refractivity contribution in [2.24, 2.45) is 0 Å². The Hall–Kier alpha value is -5.66. The Morgan fingerprint density at radius 1 is 0.326 bits per heavy atom. The zero-order chi connectivity index (χ0) is 28.3. The summed E-state index contributed by atoms with van der Waals surface area (Å²) in [6.45, 7) is 0. The van der Waals surface area contributed by atoms with Crippen LogP contribution >= 0.6 is 0 Å². The number of furan rings is 1. The molecule has 1 heteroatoms. The fraction of sp³-hybridized carbons (Fsp3) is 0. The molecule has 9 aromatic rings. The fourth-order valence-corrected chi connectivity index (χ4v) is 7.04. The summed E-state index contributed by atoms with van der Waals surface area (Å²) in [6.07, 6.45) is 0. The maximum absolute atomic E-state index is 6.96. The lowest BCUT2D eigenvalue weighted by Crippen LogP contribution is -1.91. The zero-order valence-corrected chi connectivity index (χ0v) is 23.4. The van der Waals surface area contributed by atoms with Crippen molar-refractivity contribution < 1.29 is 4.42 Å². The molecular formula is C42H26O. The van der Waals surface area contributed by atoms with Crippen molar-refractivity contribution in [2.45, 2.75) is 0 Å². The molecule has 0 spiro atoms. The molecule has 0 unspecified atom stereocenters. The average molecular weight is 547 g/mol. The van der Waals surface area contributed by atoms with Crippen molar-refractivity contribution in [3.63, 3.8) is 0 Å². The van der Waals surface area contributed by atoms with Gasteiger partial charge >= 0.3 is 0 Å². The third kappa shape index (κ3) is 3.58. The molecule has 0 fully saturated rings. The molecule has 0 aliphatic rings. The van der Waals surface area contributed by atoms with E-state index in [9.17, 15) is 0 Å². The summed E-state index contributed by atoms with van der Waals surface area (Å²) in [5.74, 6) is 0.911. The molecule has 8 aromatic carbocycles. The van der Waals surface area contributed by atoms with Gasteiger partial charge in [0.2, 0.25) is 0 Å². The summed E-state index contributed by atoms with van der Waals surface area (Å²) in [5.41, 5.74) is 6.82. The number of rotatable bonds is 3. The van der Waals surface area contributed by atoms with Crippen molar-refractivity contribution in [1.29, 1.82) is 0 Å². The minimum Gasteiger partial charge on any atom is -0.455 e. The van der Waals surface area contributed by atoms with Gasteiger partial charge in [0.25, 0.3) is 0 Å². The van der Waals surface area contributed by atoms with Crippen LogP contribution in [0.2, 0.25) is 0 Å². The molecule has 43 heavy (non-hydrogen) atoms. The first kappa shape index (κ1) is 24.0. The second-order valence-corrected chi connectivity index (χ2v) is 11.2. The highest BCUT2D eigenvalue weighted by Crippen LogP contribution is 2.50. The van der Waals surface area contributed by atoms with E-state index in [0.717, 1.165) is 27.9 Å². The first-order valence-corrected chi connectivity index (χ1v) is 14.8. The highest BCUT2D eigenvalue weighted by Gasteiger charge is 2.25. The van der Waals surface area contributed by atoms with Gasteiger partial charge < -0.3 is 4.42 Å². The Labute approximate surface area is 249 Å². The average Bonchev–Trinajstić information content (AvgIpc) is 3.46. The summed E-state index contributed by atoms with van der Waals surface area (Å²) in [5, 5.41) is 10.9. The number of para-hydroxylation sites is 1. The van der Waals surface area contributed by atoms with Crippen LogP contribution in [0.4, 0.5) is 0 Å². The number of benzene rings is 8. The van der Waals surface area contributed by atoms with E-state index in [-0.39, 0.29) is 0 Å². The van der Waals surface area contributed by atoms with Crippen LogP contribution in [0, 0.1) is 0 Å². The van der Waals surface area contributed by atoms with E-state index in [1.54, 1.807) is 0 Å². The van der Waals surface area contributed by atoms with E-state index in [1.807, 2.05) is 0 Å². The Kier molecular flexibility index (Phi) is 5.27. The lowest BCUT2D eigenvalue weighted by Gasteiger charge is -2.18. The van der Waals surface area contributed by atoms with Crippen LogP contribution < -0.4 is 0 Å². The highest BCUT2D eigenvalue weighted by atomic mass is 16.3. The van der Waals surface area contributed by atoms with Crippen LogP contribution in [0.15, 0.2) is 162 Å². The molecule has 0 aliphatic heterocycles.